The predicted octanol–water partition coefficient (Wildman–Crippen LogP) is 2.32. The number of rotatable bonds is 4. The second-order valence-corrected chi connectivity index (χ2v) is 5.47. The summed E-state index contributed by atoms with van der Waals surface area (Å²) in [5, 5.41) is 0.141. The summed E-state index contributed by atoms with van der Waals surface area (Å²) in [6.45, 7) is 1.98. The van der Waals surface area contributed by atoms with E-state index < -0.39 is 22.7 Å². The first-order valence-corrected chi connectivity index (χ1v) is 7.59. The minimum Gasteiger partial charge on any atom is -0.405 e. The van der Waals surface area contributed by atoms with Crippen LogP contribution in [0.1, 0.15) is 25.3 Å². The molecule has 1 aromatic carbocycles. The van der Waals surface area contributed by atoms with E-state index in [1.807, 2.05) is 6.92 Å². The lowest BCUT2D eigenvalue weighted by Crippen LogP contribution is -2.25. The number of nitrogens with one attached hydrogen (secondary N) is 2. The van der Waals surface area contributed by atoms with Gasteiger partial charge in [-0.05, 0) is 36.1 Å². The standard InChI is InChI=1S/C17H15FN2O4/c1-2-3-4-11-12(9-5-7-10(18)8-6-9)16(22)24-15-13(11)14(21)19-17(23)20-15/h5-8H,2-4H2,1H3,(H2,19,20,21,23). The molecule has 0 aliphatic carbocycles. The van der Waals surface area contributed by atoms with Crippen molar-refractivity contribution < 1.29 is 8.81 Å². The monoisotopic (exact) mass is 330 g/mol. The zero-order valence-corrected chi connectivity index (χ0v) is 12.9. The smallest absolute Gasteiger partial charge is 0.345 e. The van der Waals surface area contributed by atoms with Gasteiger partial charge in [0.1, 0.15) is 11.2 Å². The molecular weight excluding hydrogens is 315 g/mol. The van der Waals surface area contributed by atoms with Crippen LogP contribution in [0.15, 0.2) is 43.1 Å². The van der Waals surface area contributed by atoms with E-state index in [1.54, 1.807) is 0 Å². The van der Waals surface area contributed by atoms with Crippen LogP contribution in [-0.4, -0.2) is 9.97 Å². The van der Waals surface area contributed by atoms with Crippen molar-refractivity contribution >= 4 is 11.1 Å². The third-order valence-electron chi connectivity index (χ3n) is 3.82. The highest BCUT2D eigenvalue weighted by Gasteiger charge is 2.19. The number of hydrogen-bond acceptors (Lipinski definition) is 4. The van der Waals surface area contributed by atoms with Gasteiger partial charge in [0.25, 0.3) is 5.56 Å². The Morgan fingerprint density at radius 1 is 1.08 bits per heavy atom. The normalized spacial score (nSPS) is 11.1. The van der Waals surface area contributed by atoms with Crippen LogP contribution in [0.2, 0.25) is 0 Å². The van der Waals surface area contributed by atoms with E-state index in [2.05, 4.69) is 9.97 Å². The lowest BCUT2D eigenvalue weighted by molar-refractivity contribution is 0.546. The molecule has 124 valence electrons. The fourth-order valence-electron chi connectivity index (χ4n) is 2.72. The highest BCUT2D eigenvalue weighted by atomic mass is 19.1. The predicted molar refractivity (Wildman–Crippen MR) is 87.7 cm³/mol. The third kappa shape index (κ3) is 2.80. The highest BCUT2D eigenvalue weighted by molar-refractivity contribution is 5.83. The molecular formula is C17H15FN2O4. The number of aryl methyl sites for hydroxylation is 1. The molecule has 0 amide bonds. The number of halogens is 1. The lowest BCUT2D eigenvalue weighted by Gasteiger charge is -2.10. The van der Waals surface area contributed by atoms with Gasteiger partial charge in [-0.1, -0.05) is 25.5 Å². The summed E-state index contributed by atoms with van der Waals surface area (Å²) in [6.07, 6.45) is 2.05. The Bertz CT molecular complexity index is 1060. The summed E-state index contributed by atoms with van der Waals surface area (Å²) in [5.74, 6) is -0.429. The SMILES string of the molecule is CCCCc1c(-c2ccc(F)cc2)c(=O)oc2[nH]c(=O)[nH]c(=O)c12. The average molecular weight is 330 g/mol. The number of hydrogen-bond donors (Lipinski definition) is 2. The zero-order valence-electron chi connectivity index (χ0n) is 12.9. The molecule has 24 heavy (non-hydrogen) atoms. The molecule has 0 saturated carbocycles. The molecule has 2 aromatic heterocycles. The summed E-state index contributed by atoms with van der Waals surface area (Å²) < 4.78 is 18.3. The molecule has 2 N–H and O–H groups in total. The number of aromatic amines is 2. The minimum absolute atomic E-state index is 0.141. The first kappa shape index (κ1) is 15.9. The van der Waals surface area contributed by atoms with Crippen molar-refractivity contribution in [2.45, 2.75) is 26.2 Å². The molecule has 6 nitrogen and oxygen atoms in total. The van der Waals surface area contributed by atoms with Crippen molar-refractivity contribution in [3.05, 3.63) is 66.9 Å². The van der Waals surface area contributed by atoms with Gasteiger partial charge in [-0.2, -0.15) is 0 Å². The van der Waals surface area contributed by atoms with Crippen LogP contribution in [0, 0.1) is 5.82 Å². The second-order valence-electron chi connectivity index (χ2n) is 5.47. The van der Waals surface area contributed by atoms with Crippen LogP contribution >= 0.6 is 0 Å². The zero-order chi connectivity index (χ0) is 17.3. The summed E-state index contributed by atoms with van der Waals surface area (Å²) in [4.78, 5) is 40.6. The number of aromatic nitrogens is 2. The van der Waals surface area contributed by atoms with Crippen LogP contribution < -0.4 is 16.9 Å². The van der Waals surface area contributed by atoms with Crippen LogP contribution in [0.5, 0.6) is 0 Å². The van der Waals surface area contributed by atoms with Crippen LogP contribution in [0.3, 0.4) is 0 Å². The quantitative estimate of drug-likeness (QED) is 0.767. The van der Waals surface area contributed by atoms with E-state index in [-0.39, 0.29) is 16.7 Å². The molecule has 0 fully saturated rings. The molecule has 0 unspecified atom stereocenters. The summed E-state index contributed by atoms with van der Waals surface area (Å²) in [7, 11) is 0. The molecule has 0 spiro atoms. The molecule has 0 aliphatic heterocycles. The van der Waals surface area contributed by atoms with Gasteiger partial charge in [0, 0.05) is 0 Å². The Labute approximate surface area is 135 Å². The van der Waals surface area contributed by atoms with Crippen LogP contribution in [-0.2, 0) is 6.42 Å². The topological polar surface area (TPSA) is 95.9 Å². The van der Waals surface area contributed by atoms with Crippen molar-refractivity contribution in [1.29, 1.82) is 0 Å². The first-order valence-electron chi connectivity index (χ1n) is 7.59. The van der Waals surface area contributed by atoms with Crippen molar-refractivity contribution in [2.24, 2.45) is 0 Å². The molecule has 2 heterocycles. The summed E-state index contributed by atoms with van der Waals surface area (Å²) in [5.41, 5.74) is -1.02. The van der Waals surface area contributed by atoms with Crippen molar-refractivity contribution in [3.8, 4) is 11.1 Å². The maximum atomic E-state index is 13.2. The largest absolute Gasteiger partial charge is 0.405 e. The Hall–Kier alpha value is -2.96. The van der Waals surface area contributed by atoms with Gasteiger partial charge in [0.2, 0.25) is 5.71 Å². The summed E-state index contributed by atoms with van der Waals surface area (Å²) in [6, 6.07) is 5.39. The van der Waals surface area contributed by atoms with Gasteiger partial charge in [-0.3, -0.25) is 14.8 Å². The third-order valence-corrected chi connectivity index (χ3v) is 3.82. The van der Waals surface area contributed by atoms with E-state index in [9.17, 15) is 18.8 Å². The van der Waals surface area contributed by atoms with Crippen molar-refractivity contribution in [3.63, 3.8) is 0 Å². The molecule has 3 rings (SSSR count). The number of fused-ring (bicyclic) bond motifs is 1. The highest BCUT2D eigenvalue weighted by Crippen LogP contribution is 2.26. The van der Waals surface area contributed by atoms with Crippen molar-refractivity contribution in [1.82, 2.24) is 9.97 Å². The maximum Gasteiger partial charge on any atom is 0.345 e. The van der Waals surface area contributed by atoms with Gasteiger partial charge >= 0.3 is 11.3 Å². The molecule has 0 bridgehead atoms. The number of benzene rings is 1. The van der Waals surface area contributed by atoms with Gasteiger partial charge in [0.05, 0.1) is 5.56 Å². The summed E-state index contributed by atoms with van der Waals surface area (Å²) >= 11 is 0. The van der Waals surface area contributed by atoms with Crippen molar-refractivity contribution in [2.75, 3.05) is 0 Å². The Balaban J connectivity index is 2.41. The molecule has 0 saturated heterocycles. The number of unbranched alkanes of at least 4 members (excludes halogenated alkanes) is 1. The van der Waals surface area contributed by atoms with E-state index in [0.717, 1.165) is 12.8 Å². The van der Waals surface area contributed by atoms with E-state index in [0.29, 0.717) is 17.5 Å². The van der Waals surface area contributed by atoms with Gasteiger partial charge in [-0.15, -0.1) is 0 Å². The molecule has 3 aromatic rings. The van der Waals surface area contributed by atoms with Gasteiger partial charge in [-0.25, -0.2) is 14.0 Å². The second kappa shape index (κ2) is 6.27. The van der Waals surface area contributed by atoms with Gasteiger partial charge in [0.15, 0.2) is 0 Å². The van der Waals surface area contributed by atoms with E-state index in [4.69, 9.17) is 4.42 Å². The Morgan fingerprint density at radius 3 is 2.46 bits per heavy atom. The molecule has 7 heteroatoms. The fourth-order valence-corrected chi connectivity index (χ4v) is 2.72. The Morgan fingerprint density at radius 2 is 1.79 bits per heavy atom. The average Bonchev–Trinajstić information content (AvgIpc) is 2.53. The minimum atomic E-state index is -0.744. The molecule has 0 atom stereocenters. The fraction of sp³-hybridized carbons (Fsp3) is 0.235. The van der Waals surface area contributed by atoms with E-state index >= 15 is 0 Å². The first-order chi connectivity index (χ1) is 11.5. The van der Waals surface area contributed by atoms with Crippen LogP contribution in [0.4, 0.5) is 4.39 Å². The maximum absolute atomic E-state index is 13.2. The van der Waals surface area contributed by atoms with Crippen LogP contribution in [0.25, 0.3) is 22.2 Å². The number of H-pyrrole nitrogens is 2. The molecule has 0 radical (unpaired) electrons. The lowest BCUT2D eigenvalue weighted by atomic mass is 9.96. The molecule has 0 aliphatic rings. The van der Waals surface area contributed by atoms with Gasteiger partial charge < -0.3 is 4.42 Å². The Kier molecular flexibility index (Phi) is 4.16. The van der Waals surface area contributed by atoms with E-state index in [1.165, 1.54) is 24.3 Å².